The molecule has 6 nitrogen and oxygen atoms in total. The van der Waals surface area contributed by atoms with Gasteiger partial charge in [-0.15, -0.1) is 12.4 Å². The summed E-state index contributed by atoms with van der Waals surface area (Å²) in [6.07, 6.45) is -0.413. The minimum Gasteiger partial charge on any atom is -0.366 e. The summed E-state index contributed by atoms with van der Waals surface area (Å²) in [7, 11) is 1.79. The molecule has 1 fully saturated rings. The summed E-state index contributed by atoms with van der Waals surface area (Å²) in [5.74, 6) is 0.562. The number of nitrogens with one attached hydrogen (secondary N) is 2. The Balaban J connectivity index is 0.00000144. The summed E-state index contributed by atoms with van der Waals surface area (Å²) in [6.45, 7) is 3.81. The zero-order valence-corrected chi connectivity index (χ0v) is 10.7. The molecule has 1 amide bonds. The van der Waals surface area contributed by atoms with E-state index in [0.717, 1.165) is 12.2 Å². The predicted octanol–water partition coefficient (Wildman–Crippen LogP) is 0.0772. The normalized spacial score (nSPS) is 19.5. The standard InChI is InChI=1S/C10H16N4O2.ClH/c1-7-5-9(14(2)13-7)12-10(15)8-6-11-3-4-16-8;/h5,8,11H,3-4,6H2,1-2H3,(H,12,15);1H. The smallest absolute Gasteiger partial charge is 0.255 e. The van der Waals surface area contributed by atoms with Crippen LogP contribution in [0.4, 0.5) is 5.82 Å². The maximum Gasteiger partial charge on any atom is 0.255 e. The number of nitrogens with zero attached hydrogens (tertiary/aromatic N) is 2. The van der Waals surface area contributed by atoms with Gasteiger partial charge >= 0.3 is 0 Å². The number of carbonyl (C=O) groups excluding carboxylic acids is 1. The SMILES string of the molecule is Cc1cc(NC(=O)C2CNCCO2)n(C)n1.Cl. The van der Waals surface area contributed by atoms with Crippen LogP contribution in [0.3, 0.4) is 0 Å². The Hall–Kier alpha value is -1.11. The molecular formula is C10H17ClN4O2. The van der Waals surface area contributed by atoms with Gasteiger partial charge in [0, 0.05) is 26.2 Å². The van der Waals surface area contributed by atoms with Crippen LogP contribution >= 0.6 is 12.4 Å². The summed E-state index contributed by atoms with van der Waals surface area (Å²) < 4.78 is 7.00. The van der Waals surface area contributed by atoms with E-state index in [9.17, 15) is 4.79 Å². The fraction of sp³-hybridized carbons (Fsp3) is 0.600. The van der Waals surface area contributed by atoms with Crippen LogP contribution in [0.25, 0.3) is 0 Å². The quantitative estimate of drug-likeness (QED) is 0.790. The number of carbonyl (C=O) groups is 1. The fourth-order valence-electron chi connectivity index (χ4n) is 1.67. The van der Waals surface area contributed by atoms with Gasteiger partial charge in [-0.1, -0.05) is 0 Å². The third kappa shape index (κ3) is 3.42. The van der Waals surface area contributed by atoms with Crippen molar-refractivity contribution in [2.45, 2.75) is 13.0 Å². The Morgan fingerprint density at radius 2 is 2.47 bits per heavy atom. The largest absolute Gasteiger partial charge is 0.366 e. The Bertz CT molecular complexity index is 388. The van der Waals surface area contributed by atoms with E-state index in [0.29, 0.717) is 19.0 Å². The number of hydrogen-bond donors (Lipinski definition) is 2. The first-order chi connectivity index (χ1) is 7.66. The van der Waals surface area contributed by atoms with Crippen LogP contribution in [-0.4, -0.2) is 41.5 Å². The number of halogens is 1. The van der Waals surface area contributed by atoms with E-state index in [1.807, 2.05) is 13.0 Å². The number of ether oxygens (including phenoxy) is 1. The fourth-order valence-corrected chi connectivity index (χ4v) is 1.67. The zero-order chi connectivity index (χ0) is 11.5. The predicted molar refractivity (Wildman–Crippen MR) is 66.4 cm³/mol. The van der Waals surface area contributed by atoms with Crippen LogP contribution in [0, 0.1) is 6.92 Å². The highest BCUT2D eigenvalue weighted by atomic mass is 35.5. The molecule has 1 aromatic rings. The van der Waals surface area contributed by atoms with Gasteiger partial charge in [0.1, 0.15) is 11.9 Å². The van der Waals surface area contributed by atoms with Gasteiger partial charge in [-0.25, -0.2) is 0 Å². The van der Waals surface area contributed by atoms with E-state index in [4.69, 9.17) is 4.74 Å². The lowest BCUT2D eigenvalue weighted by Gasteiger charge is -2.22. The van der Waals surface area contributed by atoms with Gasteiger partial charge in [-0.05, 0) is 6.92 Å². The minimum atomic E-state index is -0.413. The number of hydrogen-bond acceptors (Lipinski definition) is 4. The molecule has 1 saturated heterocycles. The van der Waals surface area contributed by atoms with Crippen molar-refractivity contribution < 1.29 is 9.53 Å². The van der Waals surface area contributed by atoms with E-state index in [1.165, 1.54) is 0 Å². The maximum absolute atomic E-state index is 11.8. The van der Waals surface area contributed by atoms with E-state index in [1.54, 1.807) is 11.7 Å². The second-order valence-electron chi connectivity index (χ2n) is 3.85. The minimum absolute atomic E-state index is 0. The number of anilines is 1. The summed E-state index contributed by atoms with van der Waals surface area (Å²) in [4.78, 5) is 11.8. The summed E-state index contributed by atoms with van der Waals surface area (Å²) >= 11 is 0. The molecule has 96 valence electrons. The molecule has 2 heterocycles. The molecule has 0 spiro atoms. The molecule has 2 rings (SSSR count). The van der Waals surface area contributed by atoms with E-state index < -0.39 is 6.10 Å². The first kappa shape index (κ1) is 14.0. The average molecular weight is 261 g/mol. The second-order valence-corrected chi connectivity index (χ2v) is 3.85. The van der Waals surface area contributed by atoms with Crippen LogP contribution in [-0.2, 0) is 16.6 Å². The van der Waals surface area contributed by atoms with E-state index >= 15 is 0 Å². The third-order valence-electron chi connectivity index (χ3n) is 2.47. The Morgan fingerprint density at radius 1 is 1.71 bits per heavy atom. The lowest BCUT2D eigenvalue weighted by Crippen LogP contribution is -2.45. The molecule has 1 atom stereocenters. The third-order valence-corrected chi connectivity index (χ3v) is 2.47. The van der Waals surface area contributed by atoms with Gasteiger partial charge in [-0.3, -0.25) is 9.48 Å². The number of morpholine rings is 1. The topological polar surface area (TPSA) is 68.2 Å². The molecule has 0 bridgehead atoms. The molecule has 1 aromatic heterocycles. The van der Waals surface area contributed by atoms with Gasteiger partial charge in [-0.2, -0.15) is 5.10 Å². The highest BCUT2D eigenvalue weighted by Crippen LogP contribution is 2.09. The van der Waals surface area contributed by atoms with Gasteiger partial charge < -0.3 is 15.4 Å². The van der Waals surface area contributed by atoms with Gasteiger partial charge in [0.25, 0.3) is 5.91 Å². The molecule has 0 saturated carbocycles. The number of aryl methyl sites for hydroxylation is 2. The van der Waals surface area contributed by atoms with Gasteiger partial charge in [0.05, 0.1) is 12.3 Å². The van der Waals surface area contributed by atoms with Crippen molar-refractivity contribution in [1.82, 2.24) is 15.1 Å². The Morgan fingerprint density at radius 3 is 3.00 bits per heavy atom. The molecule has 1 aliphatic heterocycles. The number of aromatic nitrogens is 2. The van der Waals surface area contributed by atoms with Crippen LogP contribution in [0.5, 0.6) is 0 Å². The van der Waals surface area contributed by atoms with Crippen molar-refractivity contribution in [2.24, 2.45) is 7.05 Å². The zero-order valence-electron chi connectivity index (χ0n) is 9.90. The molecule has 17 heavy (non-hydrogen) atoms. The van der Waals surface area contributed by atoms with Gasteiger partial charge in [0.15, 0.2) is 0 Å². The summed E-state index contributed by atoms with van der Waals surface area (Å²) in [5, 5.41) is 10.1. The highest BCUT2D eigenvalue weighted by Gasteiger charge is 2.22. The summed E-state index contributed by atoms with van der Waals surface area (Å²) in [6, 6.07) is 1.83. The van der Waals surface area contributed by atoms with Crippen molar-refractivity contribution in [3.05, 3.63) is 11.8 Å². The first-order valence-electron chi connectivity index (χ1n) is 5.30. The van der Waals surface area contributed by atoms with Crippen LogP contribution in [0.2, 0.25) is 0 Å². The highest BCUT2D eigenvalue weighted by molar-refractivity contribution is 5.93. The number of rotatable bonds is 2. The molecule has 2 N–H and O–H groups in total. The Labute approximate surface area is 106 Å². The Kier molecular flexibility index (Phi) is 4.92. The van der Waals surface area contributed by atoms with Crippen LogP contribution in [0.15, 0.2) is 6.07 Å². The molecule has 0 aliphatic carbocycles. The molecule has 0 aromatic carbocycles. The average Bonchev–Trinajstić information content (AvgIpc) is 2.59. The first-order valence-corrected chi connectivity index (χ1v) is 5.30. The monoisotopic (exact) mass is 260 g/mol. The molecule has 1 aliphatic rings. The lowest BCUT2D eigenvalue weighted by atomic mass is 10.3. The second kappa shape index (κ2) is 6.00. The van der Waals surface area contributed by atoms with Crippen molar-refractivity contribution in [2.75, 3.05) is 25.0 Å². The maximum atomic E-state index is 11.8. The van der Waals surface area contributed by atoms with Crippen LogP contribution in [0.1, 0.15) is 5.69 Å². The van der Waals surface area contributed by atoms with E-state index in [-0.39, 0.29) is 18.3 Å². The van der Waals surface area contributed by atoms with Gasteiger partial charge in [0.2, 0.25) is 0 Å². The van der Waals surface area contributed by atoms with E-state index in [2.05, 4.69) is 15.7 Å². The van der Waals surface area contributed by atoms with Crippen molar-refractivity contribution in [3.63, 3.8) is 0 Å². The van der Waals surface area contributed by atoms with Crippen molar-refractivity contribution >= 4 is 24.1 Å². The lowest BCUT2D eigenvalue weighted by molar-refractivity contribution is -0.128. The molecule has 0 radical (unpaired) electrons. The molecule has 1 unspecified atom stereocenters. The van der Waals surface area contributed by atoms with Crippen molar-refractivity contribution in [1.29, 1.82) is 0 Å². The molecular weight excluding hydrogens is 244 g/mol. The number of amides is 1. The molecule has 7 heteroatoms. The van der Waals surface area contributed by atoms with Crippen molar-refractivity contribution in [3.8, 4) is 0 Å². The van der Waals surface area contributed by atoms with Crippen LogP contribution < -0.4 is 10.6 Å². The summed E-state index contributed by atoms with van der Waals surface area (Å²) in [5.41, 5.74) is 0.875.